The Morgan fingerprint density at radius 3 is 2.52 bits per heavy atom. The molecule has 1 saturated carbocycles. The van der Waals surface area contributed by atoms with E-state index in [1.54, 1.807) is 4.90 Å². The van der Waals surface area contributed by atoms with E-state index in [1.165, 1.54) is 12.8 Å². The molecule has 0 radical (unpaired) electrons. The van der Waals surface area contributed by atoms with Crippen molar-refractivity contribution in [1.29, 1.82) is 0 Å². The predicted molar refractivity (Wildman–Crippen MR) is 85.5 cm³/mol. The van der Waals surface area contributed by atoms with Gasteiger partial charge in [0, 0.05) is 5.92 Å². The number of hydrogen-bond donors (Lipinski definition) is 1. The highest BCUT2D eigenvalue weighted by Gasteiger charge is 2.32. The smallest absolute Gasteiger partial charge is 0.323 e. The third-order valence-corrected chi connectivity index (χ3v) is 4.10. The Balaban J connectivity index is 1.26. The van der Waals surface area contributed by atoms with Gasteiger partial charge < -0.3 is 9.64 Å². The highest BCUT2D eigenvalue weighted by atomic mass is 16.5. The van der Waals surface area contributed by atoms with Crippen molar-refractivity contribution in [1.82, 2.24) is 15.1 Å². The first kappa shape index (κ1) is 14.0. The summed E-state index contributed by atoms with van der Waals surface area (Å²) in [5.41, 5.74) is 1.02. The maximum atomic E-state index is 12.1. The number of carbonyl (C=O) groups excluding carboxylic acids is 1. The number of likely N-dealkylation sites (tertiary alicyclic amines) is 1. The Kier molecular flexibility index (Phi) is 3.57. The van der Waals surface area contributed by atoms with Crippen molar-refractivity contribution in [2.24, 2.45) is 0 Å². The zero-order valence-corrected chi connectivity index (χ0v) is 12.7. The van der Waals surface area contributed by atoms with Gasteiger partial charge in [0.15, 0.2) is 5.82 Å². The molecule has 0 bridgehead atoms. The lowest BCUT2D eigenvalue weighted by atomic mass is 10.2. The molecule has 6 heteroatoms. The first-order valence-electron chi connectivity index (χ1n) is 7.89. The van der Waals surface area contributed by atoms with E-state index in [1.807, 2.05) is 42.5 Å². The minimum absolute atomic E-state index is 0.0477. The van der Waals surface area contributed by atoms with Crippen LogP contribution in [0.15, 0.2) is 42.5 Å². The Bertz CT molecular complexity index is 679. The van der Waals surface area contributed by atoms with Crippen molar-refractivity contribution in [2.75, 3.05) is 18.4 Å². The van der Waals surface area contributed by atoms with Gasteiger partial charge in [-0.25, -0.2) is 4.79 Å². The Labute approximate surface area is 134 Å². The van der Waals surface area contributed by atoms with E-state index in [-0.39, 0.29) is 12.1 Å². The van der Waals surface area contributed by atoms with Gasteiger partial charge in [-0.3, -0.25) is 5.32 Å². The molecule has 2 amide bonds. The van der Waals surface area contributed by atoms with E-state index in [0.29, 0.717) is 24.8 Å². The van der Waals surface area contributed by atoms with Gasteiger partial charge in [0.25, 0.3) is 0 Å². The van der Waals surface area contributed by atoms with Gasteiger partial charge in [-0.1, -0.05) is 18.2 Å². The van der Waals surface area contributed by atoms with Crippen LogP contribution in [0, 0.1) is 0 Å². The number of urea groups is 1. The number of nitrogens with one attached hydrogen (secondary N) is 1. The molecule has 2 aromatic rings. The third kappa shape index (κ3) is 3.26. The van der Waals surface area contributed by atoms with E-state index in [9.17, 15) is 4.79 Å². The number of nitrogens with zero attached hydrogens (tertiary/aromatic N) is 3. The molecule has 0 unspecified atom stereocenters. The summed E-state index contributed by atoms with van der Waals surface area (Å²) in [6, 6.07) is 13.2. The molecule has 6 nitrogen and oxygen atoms in total. The van der Waals surface area contributed by atoms with Crippen LogP contribution in [0.25, 0.3) is 0 Å². The van der Waals surface area contributed by atoms with E-state index < -0.39 is 0 Å². The molecule has 2 aliphatic rings. The van der Waals surface area contributed by atoms with Crippen LogP contribution in [0.3, 0.4) is 0 Å². The van der Waals surface area contributed by atoms with E-state index in [2.05, 4.69) is 15.5 Å². The normalized spacial score (nSPS) is 17.5. The maximum absolute atomic E-state index is 12.1. The van der Waals surface area contributed by atoms with Crippen molar-refractivity contribution in [3.05, 3.63) is 48.2 Å². The number of hydrogen-bond acceptors (Lipinski definition) is 4. The summed E-state index contributed by atoms with van der Waals surface area (Å²) >= 11 is 0. The van der Waals surface area contributed by atoms with Crippen molar-refractivity contribution in [2.45, 2.75) is 24.9 Å². The van der Waals surface area contributed by atoms with E-state index in [0.717, 1.165) is 11.4 Å². The number of amides is 2. The van der Waals surface area contributed by atoms with Gasteiger partial charge in [0.05, 0.1) is 18.8 Å². The topological polar surface area (TPSA) is 67.4 Å². The Morgan fingerprint density at radius 2 is 1.87 bits per heavy atom. The summed E-state index contributed by atoms with van der Waals surface area (Å²) in [4.78, 5) is 13.8. The zero-order chi connectivity index (χ0) is 15.6. The lowest BCUT2D eigenvalue weighted by molar-refractivity contribution is 0.0492. The lowest BCUT2D eigenvalue weighted by Crippen LogP contribution is -2.57. The molecule has 0 spiro atoms. The molecule has 23 heavy (non-hydrogen) atoms. The summed E-state index contributed by atoms with van der Waals surface area (Å²) in [6.45, 7) is 1.16. The van der Waals surface area contributed by atoms with Gasteiger partial charge >= 0.3 is 6.03 Å². The summed E-state index contributed by atoms with van der Waals surface area (Å²) in [7, 11) is 0. The van der Waals surface area contributed by atoms with Crippen LogP contribution >= 0.6 is 0 Å². The van der Waals surface area contributed by atoms with Crippen LogP contribution in [0.4, 0.5) is 10.6 Å². The van der Waals surface area contributed by atoms with Crippen LogP contribution in [0.2, 0.25) is 0 Å². The number of aromatic nitrogens is 2. The monoisotopic (exact) mass is 310 g/mol. The highest BCUT2D eigenvalue weighted by molar-refractivity contribution is 5.88. The average molecular weight is 310 g/mol. The molecule has 1 saturated heterocycles. The molecule has 1 aromatic heterocycles. The van der Waals surface area contributed by atoms with Crippen molar-refractivity contribution < 1.29 is 9.53 Å². The summed E-state index contributed by atoms with van der Waals surface area (Å²) in [5.74, 6) is 1.89. The fourth-order valence-corrected chi connectivity index (χ4v) is 2.56. The van der Waals surface area contributed by atoms with Crippen LogP contribution in [0.5, 0.6) is 5.75 Å². The predicted octanol–water partition coefficient (Wildman–Crippen LogP) is 2.65. The average Bonchev–Trinajstić information content (AvgIpc) is 3.37. The Morgan fingerprint density at radius 1 is 1.09 bits per heavy atom. The highest BCUT2D eigenvalue weighted by Crippen LogP contribution is 2.38. The molecule has 1 N–H and O–H groups in total. The second-order valence-electron chi connectivity index (χ2n) is 6.01. The maximum Gasteiger partial charge on any atom is 0.323 e. The first-order valence-corrected chi connectivity index (χ1v) is 7.89. The molecule has 0 atom stereocenters. The number of rotatable bonds is 4. The third-order valence-electron chi connectivity index (χ3n) is 4.10. The van der Waals surface area contributed by atoms with Crippen LogP contribution < -0.4 is 10.1 Å². The number of benzene rings is 1. The molecule has 4 rings (SSSR count). The van der Waals surface area contributed by atoms with E-state index in [4.69, 9.17) is 4.74 Å². The summed E-state index contributed by atoms with van der Waals surface area (Å²) < 4.78 is 5.78. The second kappa shape index (κ2) is 5.87. The van der Waals surface area contributed by atoms with Gasteiger partial charge in [0.2, 0.25) is 0 Å². The van der Waals surface area contributed by atoms with Crippen molar-refractivity contribution in [3.63, 3.8) is 0 Å². The molecule has 1 aliphatic carbocycles. The van der Waals surface area contributed by atoms with Crippen molar-refractivity contribution >= 4 is 11.8 Å². The summed E-state index contributed by atoms with van der Waals surface area (Å²) in [5, 5.41) is 11.0. The van der Waals surface area contributed by atoms with Crippen LogP contribution in [-0.2, 0) is 0 Å². The van der Waals surface area contributed by atoms with Gasteiger partial charge in [0.1, 0.15) is 11.9 Å². The van der Waals surface area contributed by atoms with E-state index >= 15 is 0 Å². The molecular formula is C17H18N4O2. The number of anilines is 1. The lowest BCUT2D eigenvalue weighted by Gasteiger charge is -2.38. The SMILES string of the molecule is O=C(Nc1ccc(C2CC2)nn1)N1CC(Oc2ccccc2)C1. The minimum atomic E-state index is -0.161. The molecular weight excluding hydrogens is 292 g/mol. The standard InChI is InChI=1S/C17H18N4O2/c22-17(18-16-9-8-15(19-20-16)12-6-7-12)21-10-14(11-21)23-13-4-2-1-3-5-13/h1-5,8-9,12,14H,6-7,10-11H2,(H,18,20,22). The minimum Gasteiger partial charge on any atom is -0.487 e. The molecule has 1 aromatic carbocycles. The number of para-hydroxylation sites is 1. The number of ether oxygens (including phenoxy) is 1. The van der Waals surface area contributed by atoms with Gasteiger partial charge in [-0.15, -0.1) is 5.10 Å². The first-order chi connectivity index (χ1) is 11.3. The van der Waals surface area contributed by atoms with Crippen LogP contribution in [0.1, 0.15) is 24.5 Å². The largest absolute Gasteiger partial charge is 0.487 e. The molecule has 1 aliphatic heterocycles. The van der Waals surface area contributed by atoms with Gasteiger partial charge in [-0.05, 0) is 37.1 Å². The van der Waals surface area contributed by atoms with Crippen molar-refractivity contribution in [3.8, 4) is 5.75 Å². The summed E-state index contributed by atoms with van der Waals surface area (Å²) in [6.07, 6.45) is 2.43. The molecule has 2 fully saturated rings. The fraction of sp³-hybridized carbons (Fsp3) is 0.353. The van der Waals surface area contributed by atoms with Gasteiger partial charge in [-0.2, -0.15) is 5.10 Å². The second-order valence-corrected chi connectivity index (χ2v) is 6.01. The molecule has 118 valence electrons. The quantitative estimate of drug-likeness (QED) is 0.942. The zero-order valence-electron chi connectivity index (χ0n) is 12.7. The fourth-order valence-electron chi connectivity index (χ4n) is 2.56. The Hall–Kier alpha value is -2.63. The molecule has 2 heterocycles. The number of carbonyl (C=O) groups is 1. The van der Waals surface area contributed by atoms with Crippen LogP contribution in [-0.4, -0.2) is 40.3 Å².